The summed E-state index contributed by atoms with van der Waals surface area (Å²) in [6.07, 6.45) is 6.08. The van der Waals surface area contributed by atoms with Gasteiger partial charge in [-0.15, -0.1) is 11.6 Å². The molecular weight excluding hydrogens is 208 g/mol. The molecule has 0 aliphatic carbocycles. The fourth-order valence-corrected chi connectivity index (χ4v) is 1.50. The van der Waals surface area contributed by atoms with Gasteiger partial charge in [0, 0.05) is 11.4 Å². The first-order valence-electron chi connectivity index (χ1n) is 5.29. The van der Waals surface area contributed by atoms with Crippen LogP contribution in [0.3, 0.4) is 0 Å². The van der Waals surface area contributed by atoms with Gasteiger partial charge in [0.25, 0.3) is 0 Å². The Morgan fingerprint density at radius 3 is 2.80 bits per heavy atom. The number of ether oxygens (including phenoxy) is 1. The summed E-state index contributed by atoms with van der Waals surface area (Å²) in [6, 6.07) is 8.05. The maximum Gasteiger partial charge on any atom is 0.126 e. The molecule has 2 heteroatoms. The summed E-state index contributed by atoms with van der Waals surface area (Å²) >= 11 is 5.60. The van der Waals surface area contributed by atoms with Gasteiger partial charge in [-0.05, 0) is 25.8 Å². The predicted molar refractivity (Wildman–Crippen MR) is 66.6 cm³/mol. The van der Waals surface area contributed by atoms with Crippen LogP contribution in [0, 0.1) is 0 Å². The molecule has 0 saturated carbocycles. The third-order valence-corrected chi connectivity index (χ3v) is 2.32. The van der Waals surface area contributed by atoms with Gasteiger partial charge in [-0.1, -0.05) is 30.4 Å². The number of unbranched alkanes of at least 4 members (excludes halogenated alkanes) is 1. The van der Waals surface area contributed by atoms with Crippen LogP contribution in [0.25, 0.3) is 6.08 Å². The quantitative estimate of drug-likeness (QED) is 0.522. The van der Waals surface area contributed by atoms with E-state index in [4.69, 9.17) is 16.3 Å². The molecule has 15 heavy (non-hydrogen) atoms. The van der Waals surface area contributed by atoms with Gasteiger partial charge < -0.3 is 4.74 Å². The molecule has 0 saturated heterocycles. The van der Waals surface area contributed by atoms with Gasteiger partial charge in [0.1, 0.15) is 5.75 Å². The standard InChI is InChI=1S/C13H17ClO/c1-2-7-12-8-3-4-9-13(12)15-11-6-5-10-14/h2-4,7-9H,5-6,10-11H2,1H3. The van der Waals surface area contributed by atoms with E-state index in [9.17, 15) is 0 Å². The molecule has 0 radical (unpaired) electrons. The Balaban J connectivity index is 2.51. The normalized spacial score (nSPS) is 10.8. The van der Waals surface area contributed by atoms with Crippen LogP contribution in [-0.2, 0) is 0 Å². The average Bonchev–Trinajstić information content (AvgIpc) is 2.27. The summed E-state index contributed by atoms with van der Waals surface area (Å²) in [5.41, 5.74) is 1.13. The summed E-state index contributed by atoms with van der Waals surface area (Å²) in [5, 5.41) is 0. The number of hydrogen-bond acceptors (Lipinski definition) is 1. The molecule has 0 spiro atoms. The topological polar surface area (TPSA) is 9.23 Å². The average molecular weight is 225 g/mol. The molecule has 1 aromatic carbocycles. The highest BCUT2D eigenvalue weighted by atomic mass is 35.5. The lowest BCUT2D eigenvalue weighted by Gasteiger charge is -2.08. The first kappa shape index (κ1) is 12.1. The monoisotopic (exact) mass is 224 g/mol. The van der Waals surface area contributed by atoms with E-state index in [1.54, 1.807) is 0 Å². The van der Waals surface area contributed by atoms with E-state index in [0.717, 1.165) is 30.8 Å². The van der Waals surface area contributed by atoms with E-state index >= 15 is 0 Å². The summed E-state index contributed by atoms with van der Waals surface area (Å²) in [5.74, 6) is 1.66. The van der Waals surface area contributed by atoms with Gasteiger partial charge in [-0.25, -0.2) is 0 Å². The first-order chi connectivity index (χ1) is 7.38. The van der Waals surface area contributed by atoms with Crippen LogP contribution in [0.5, 0.6) is 5.75 Å². The first-order valence-corrected chi connectivity index (χ1v) is 5.82. The molecule has 0 bridgehead atoms. The highest BCUT2D eigenvalue weighted by Crippen LogP contribution is 2.19. The molecule has 0 unspecified atom stereocenters. The Labute approximate surface area is 96.7 Å². The van der Waals surface area contributed by atoms with Crippen molar-refractivity contribution < 1.29 is 4.74 Å². The van der Waals surface area contributed by atoms with Crippen molar-refractivity contribution in [3.05, 3.63) is 35.9 Å². The zero-order chi connectivity index (χ0) is 10.9. The SMILES string of the molecule is CC=Cc1ccccc1OCCCCCl. The highest BCUT2D eigenvalue weighted by molar-refractivity contribution is 6.17. The van der Waals surface area contributed by atoms with Crippen molar-refractivity contribution in [1.82, 2.24) is 0 Å². The Morgan fingerprint density at radius 1 is 1.27 bits per heavy atom. The zero-order valence-electron chi connectivity index (χ0n) is 9.08. The second-order valence-electron chi connectivity index (χ2n) is 3.28. The van der Waals surface area contributed by atoms with Gasteiger partial charge in [0.05, 0.1) is 6.61 Å². The van der Waals surface area contributed by atoms with E-state index in [-0.39, 0.29) is 0 Å². The van der Waals surface area contributed by atoms with Crippen LogP contribution in [0.15, 0.2) is 30.3 Å². The minimum atomic E-state index is 0.708. The van der Waals surface area contributed by atoms with Crippen molar-refractivity contribution in [2.75, 3.05) is 12.5 Å². The lowest BCUT2D eigenvalue weighted by Crippen LogP contribution is -1.98. The number of benzene rings is 1. The fraction of sp³-hybridized carbons (Fsp3) is 0.385. The van der Waals surface area contributed by atoms with Gasteiger partial charge in [-0.2, -0.15) is 0 Å². The molecule has 82 valence electrons. The van der Waals surface area contributed by atoms with Crippen molar-refractivity contribution in [3.8, 4) is 5.75 Å². The third-order valence-electron chi connectivity index (χ3n) is 2.05. The number of para-hydroxylation sites is 1. The van der Waals surface area contributed by atoms with E-state index in [1.807, 2.05) is 31.2 Å². The molecule has 1 nitrogen and oxygen atoms in total. The number of allylic oxidation sites excluding steroid dienone is 1. The van der Waals surface area contributed by atoms with Crippen molar-refractivity contribution >= 4 is 17.7 Å². The van der Waals surface area contributed by atoms with Crippen molar-refractivity contribution in [2.24, 2.45) is 0 Å². The molecule has 0 fully saturated rings. The summed E-state index contributed by atoms with van der Waals surface area (Å²) < 4.78 is 5.68. The second-order valence-corrected chi connectivity index (χ2v) is 3.66. The second kappa shape index (κ2) is 7.36. The van der Waals surface area contributed by atoms with Crippen LogP contribution < -0.4 is 4.74 Å². The van der Waals surface area contributed by atoms with Crippen molar-refractivity contribution in [2.45, 2.75) is 19.8 Å². The zero-order valence-corrected chi connectivity index (χ0v) is 9.83. The van der Waals surface area contributed by atoms with Gasteiger partial charge >= 0.3 is 0 Å². The van der Waals surface area contributed by atoms with Crippen LogP contribution in [-0.4, -0.2) is 12.5 Å². The van der Waals surface area contributed by atoms with Crippen molar-refractivity contribution in [3.63, 3.8) is 0 Å². The van der Waals surface area contributed by atoms with Gasteiger partial charge in [-0.3, -0.25) is 0 Å². The number of alkyl halides is 1. The summed E-state index contributed by atoms with van der Waals surface area (Å²) in [6.45, 7) is 2.74. The lowest BCUT2D eigenvalue weighted by molar-refractivity contribution is 0.309. The highest BCUT2D eigenvalue weighted by Gasteiger charge is 1.98. The lowest BCUT2D eigenvalue weighted by atomic mass is 10.2. The fourth-order valence-electron chi connectivity index (χ4n) is 1.31. The maximum absolute atomic E-state index is 5.68. The molecule has 1 aromatic rings. The summed E-state index contributed by atoms with van der Waals surface area (Å²) in [4.78, 5) is 0. The molecule has 0 aromatic heterocycles. The molecular formula is C13H17ClO. The van der Waals surface area contributed by atoms with Gasteiger partial charge in [0.15, 0.2) is 0 Å². The number of hydrogen-bond donors (Lipinski definition) is 0. The molecule has 0 aliphatic heterocycles. The molecule has 0 amide bonds. The van der Waals surface area contributed by atoms with Crippen LogP contribution in [0.4, 0.5) is 0 Å². The third kappa shape index (κ3) is 4.39. The van der Waals surface area contributed by atoms with Crippen molar-refractivity contribution in [1.29, 1.82) is 0 Å². The number of rotatable bonds is 6. The largest absolute Gasteiger partial charge is 0.493 e. The Kier molecular flexibility index (Phi) is 5.94. The molecule has 0 N–H and O–H groups in total. The van der Waals surface area contributed by atoms with Crippen LogP contribution in [0.2, 0.25) is 0 Å². The molecule has 0 aliphatic rings. The number of halogens is 1. The Bertz CT molecular complexity index is 307. The van der Waals surface area contributed by atoms with E-state index in [0.29, 0.717) is 5.88 Å². The predicted octanol–water partition coefficient (Wildman–Crippen LogP) is 4.12. The van der Waals surface area contributed by atoms with E-state index in [2.05, 4.69) is 12.1 Å². The van der Waals surface area contributed by atoms with Crippen LogP contribution in [0.1, 0.15) is 25.3 Å². The maximum atomic E-state index is 5.68. The Hall–Kier alpha value is -0.950. The minimum absolute atomic E-state index is 0.708. The van der Waals surface area contributed by atoms with E-state index in [1.165, 1.54) is 0 Å². The molecule has 1 rings (SSSR count). The summed E-state index contributed by atoms with van der Waals surface area (Å²) in [7, 11) is 0. The Morgan fingerprint density at radius 2 is 2.07 bits per heavy atom. The molecule has 0 atom stereocenters. The van der Waals surface area contributed by atoms with Crippen LogP contribution >= 0.6 is 11.6 Å². The molecule has 0 heterocycles. The van der Waals surface area contributed by atoms with E-state index < -0.39 is 0 Å². The van der Waals surface area contributed by atoms with Gasteiger partial charge in [0.2, 0.25) is 0 Å². The smallest absolute Gasteiger partial charge is 0.126 e. The minimum Gasteiger partial charge on any atom is -0.493 e.